The number of hydrogen-bond acceptors (Lipinski definition) is 2. The van der Waals surface area contributed by atoms with E-state index in [-0.39, 0.29) is 5.91 Å². The van der Waals surface area contributed by atoms with Crippen LogP contribution in [0.15, 0.2) is 72.8 Å². The summed E-state index contributed by atoms with van der Waals surface area (Å²) in [6.07, 6.45) is 0.911. The molecule has 0 saturated heterocycles. The number of amides is 1. The lowest BCUT2D eigenvalue weighted by Gasteiger charge is -2.13. The summed E-state index contributed by atoms with van der Waals surface area (Å²) < 4.78 is 0. The van der Waals surface area contributed by atoms with Crippen LogP contribution >= 0.6 is 0 Å². The Labute approximate surface area is 171 Å². The number of carbonyl (C=O) groups excluding carboxylic acids is 1. The highest BCUT2D eigenvalue weighted by Gasteiger charge is 2.15. The van der Waals surface area contributed by atoms with Gasteiger partial charge < -0.3 is 5.32 Å². The van der Waals surface area contributed by atoms with Crippen molar-refractivity contribution in [3.05, 3.63) is 95.1 Å². The van der Waals surface area contributed by atoms with Crippen molar-refractivity contribution in [1.82, 2.24) is 4.98 Å². The summed E-state index contributed by atoms with van der Waals surface area (Å²) >= 11 is 0. The monoisotopic (exact) mass is 380 g/mol. The fourth-order valence-corrected chi connectivity index (χ4v) is 3.50. The van der Waals surface area contributed by atoms with Crippen molar-refractivity contribution < 1.29 is 4.79 Å². The minimum absolute atomic E-state index is 0.114. The molecule has 0 radical (unpaired) electrons. The van der Waals surface area contributed by atoms with Crippen LogP contribution in [-0.2, 0) is 6.42 Å². The minimum atomic E-state index is -0.114. The van der Waals surface area contributed by atoms with Gasteiger partial charge in [0.2, 0.25) is 0 Å². The molecule has 144 valence electrons. The largest absolute Gasteiger partial charge is 0.322 e. The molecule has 0 aliphatic rings. The van der Waals surface area contributed by atoms with Crippen molar-refractivity contribution in [2.45, 2.75) is 27.2 Å². The molecular weight excluding hydrogens is 356 g/mol. The number of hydrogen-bond donors (Lipinski definition) is 1. The number of rotatable bonds is 4. The summed E-state index contributed by atoms with van der Waals surface area (Å²) in [4.78, 5) is 18.2. The first-order valence-corrected chi connectivity index (χ1v) is 9.93. The van der Waals surface area contributed by atoms with Gasteiger partial charge in [0.1, 0.15) is 0 Å². The Hall–Kier alpha value is -3.46. The molecule has 29 heavy (non-hydrogen) atoms. The molecule has 1 N–H and O–H groups in total. The number of pyridine rings is 1. The van der Waals surface area contributed by atoms with Crippen molar-refractivity contribution in [3.63, 3.8) is 0 Å². The number of anilines is 1. The molecule has 3 nitrogen and oxygen atoms in total. The molecular formula is C26H24N2O. The zero-order chi connectivity index (χ0) is 20.4. The van der Waals surface area contributed by atoms with E-state index in [0.29, 0.717) is 5.56 Å². The summed E-state index contributed by atoms with van der Waals surface area (Å²) in [7, 11) is 0. The van der Waals surface area contributed by atoms with Crippen molar-refractivity contribution >= 4 is 22.5 Å². The zero-order valence-corrected chi connectivity index (χ0v) is 17.0. The molecule has 1 amide bonds. The SMILES string of the molecule is CCc1ccc2nc(-c3ccccc3)cc(C(=O)Nc3cc(C)ccc3C)c2c1. The van der Waals surface area contributed by atoms with Gasteiger partial charge in [-0.15, -0.1) is 0 Å². The molecule has 4 rings (SSSR count). The lowest BCUT2D eigenvalue weighted by molar-refractivity contribution is 0.102. The lowest BCUT2D eigenvalue weighted by Crippen LogP contribution is -2.14. The predicted octanol–water partition coefficient (Wildman–Crippen LogP) is 6.33. The Morgan fingerprint density at radius 2 is 1.72 bits per heavy atom. The summed E-state index contributed by atoms with van der Waals surface area (Å²) in [6, 6.07) is 24.1. The first kappa shape index (κ1) is 18.9. The van der Waals surface area contributed by atoms with E-state index in [1.165, 1.54) is 5.56 Å². The molecule has 0 aliphatic carbocycles. The number of aryl methyl sites for hydroxylation is 3. The molecule has 0 aliphatic heterocycles. The molecule has 3 heteroatoms. The van der Waals surface area contributed by atoms with Crippen LogP contribution < -0.4 is 5.32 Å². The van der Waals surface area contributed by atoms with Gasteiger partial charge in [0, 0.05) is 16.6 Å². The summed E-state index contributed by atoms with van der Waals surface area (Å²) in [6.45, 7) is 6.14. The summed E-state index contributed by atoms with van der Waals surface area (Å²) in [5, 5.41) is 3.99. The van der Waals surface area contributed by atoms with Crippen LogP contribution in [0, 0.1) is 13.8 Å². The van der Waals surface area contributed by atoms with E-state index in [1.54, 1.807) is 0 Å². The predicted molar refractivity (Wildman–Crippen MR) is 120 cm³/mol. The molecule has 3 aromatic carbocycles. The van der Waals surface area contributed by atoms with Crippen molar-refractivity contribution in [1.29, 1.82) is 0 Å². The van der Waals surface area contributed by atoms with E-state index in [4.69, 9.17) is 4.98 Å². The Kier molecular flexibility index (Phi) is 5.13. The molecule has 0 spiro atoms. The van der Waals surface area contributed by atoms with Gasteiger partial charge in [-0.05, 0) is 61.2 Å². The quantitative estimate of drug-likeness (QED) is 0.449. The maximum absolute atomic E-state index is 13.3. The number of carbonyl (C=O) groups is 1. The second-order valence-electron chi connectivity index (χ2n) is 7.40. The summed E-state index contributed by atoms with van der Waals surface area (Å²) in [5.41, 5.74) is 7.45. The van der Waals surface area contributed by atoms with Crippen LogP contribution in [0.5, 0.6) is 0 Å². The third-order valence-corrected chi connectivity index (χ3v) is 5.24. The van der Waals surface area contributed by atoms with Gasteiger partial charge in [0.15, 0.2) is 0 Å². The molecule has 0 saturated carbocycles. The van der Waals surface area contributed by atoms with Gasteiger partial charge in [-0.1, -0.05) is 55.5 Å². The van der Waals surface area contributed by atoms with E-state index >= 15 is 0 Å². The van der Waals surface area contributed by atoms with Gasteiger partial charge in [0.25, 0.3) is 5.91 Å². The average molecular weight is 380 g/mol. The maximum atomic E-state index is 13.3. The summed E-state index contributed by atoms with van der Waals surface area (Å²) in [5.74, 6) is -0.114. The normalized spacial score (nSPS) is 10.9. The Morgan fingerprint density at radius 3 is 2.48 bits per heavy atom. The van der Waals surface area contributed by atoms with Gasteiger partial charge in [-0.25, -0.2) is 4.98 Å². The smallest absolute Gasteiger partial charge is 0.256 e. The third-order valence-electron chi connectivity index (χ3n) is 5.24. The molecule has 0 unspecified atom stereocenters. The Morgan fingerprint density at radius 1 is 0.931 bits per heavy atom. The van der Waals surface area contributed by atoms with E-state index < -0.39 is 0 Å². The van der Waals surface area contributed by atoms with Crippen molar-refractivity contribution in [2.24, 2.45) is 0 Å². The first-order valence-electron chi connectivity index (χ1n) is 9.93. The highest BCUT2D eigenvalue weighted by molar-refractivity contribution is 6.13. The minimum Gasteiger partial charge on any atom is -0.322 e. The number of nitrogens with zero attached hydrogens (tertiary/aromatic N) is 1. The molecule has 1 aromatic heterocycles. The molecule has 0 bridgehead atoms. The fourth-order valence-electron chi connectivity index (χ4n) is 3.50. The zero-order valence-electron chi connectivity index (χ0n) is 17.0. The second kappa shape index (κ2) is 7.88. The molecule has 4 aromatic rings. The van der Waals surface area contributed by atoms with E-state index in [2.05, 4.69) is 24.4 Å². The highest BCUT2D eigenvalue weighted by atomic mass is 16.1. The van der Waals surface area contributed by atoms with Crippen molar-refractivity contribution in [3.8, 4) is 11.3 Å². The second-order valence-corrected chi connectivity index (χ2v) is 7.40. The van der Waals surface area contributed by atoms with E-state index in [1.807, 2.05) is 74.5 Å². The Bertz CT molecular complexity index is 1200. The van der Waals surface area contributed by atoms with Crippen molar-refractivity contribution in [2.75, 3.05) is 5.32 Å². The van der Waals surface area contributed by atoms with E-state index in [9.17, 15) is 4.79 Å². The van der Waals surface area contributed by atoms with Gasteiger partial charge in [-0.3, -0.25) is 4.79 Å². The number of aromatic nitrogens is 1. The molecule has 1 heterocycles. The van der Waals surface area contributed by atoms with Crippen LogP contribution in [0.4, 0.5) is 5.69 Å². The topological polar surface area (TPSA) is 42.0 Å². The Balaban J connectivity index is 1.86. The third kappa shape index (κ3) is 3.90. The van der Waals surface area contributed by atoms with Crippen LogP contribution in [0.3, 0.4) is 0 Å². The first-order chi connectivity index (χ1) is 14.0. The highest BCUT2D eigenvalue weighted by Crippen LogP contribution is 2.27. The number of nitrogens with one attached hydrogen (secondary N) is 1. The van der Waals surface area contributed by atoms with Crippen LogP contribution in [0.25, 0.3) is 22.2 Å². The van der Waals surface area contributed by atoms with Gasteiger partial charge in [-0.2, -0.15) is 0 Å². The average Bonchev–Trinajstić information content (AvgIpc) is 2.75. The van der Waals surface area contributed by atoms with E-state index in [0.717, 1.165) is 45.4 Å². The lowest BCUT2D eigenvalue weighted by atomic mass is 10.0. The number of benzene rings is 3. The van der Waals surface area contributed by atoms with Crippen LogP contribution in [0.1, 0.15) is 34.0 Å². The van der Waals surface area contributed by atoms with Gasteiger partial charge >= 0.3 is 0 Å². The molecule has 0 atom stereocenters. The van der Waals surface area contributed by atoms with Crippen LogP contribution in [-0.4, -0.2) is 10.9 Å². The van der Waals surface area contributed by atoms with Crippen LogP contribution in [0.2, 0.25) is 0 Å². The van der Waals surface area contributed by atoms with Gasteiger partial charge in [0.05, 0.1) is 16.8 Å². The fraction of sp³-hybridized carbons (Fsp3) is 0.154. The molecule has 0 fully saturated rings. The maximum Gasteiger partial charge on any atom is 0.256 e. The number of fused-ring (bicyclic) bond motifs is 1. The standard InChI is InChI=1S/C26H24N2O/c1-4-19-12-13-23-21(15-19)22(16-25(27-23)20-8-6-5-7-9-20)26(29)28-24-14-17(2)10-11-18(24)3/h5-16H,4H2,1-3H3,(H,28,29).